The maximum absolute atomic E-state index is 13.1. The molecule has 7 nitrogen and oxygen atoms in total. The van der Waals surface area contributed by atoms with E-state index < -0.39 is 15.5 Å². The zero-order valence-corrected chi connectivity index (χ0v) is 19.3. The summed E-state index contributed by atoms with van der Waals surface area (Å²) >= 11 is 1.22. The number of hydrogen-bond donors (Lipinski definition) is 1. The van der Waals surface area contributed by atoms with Crippen LogP contribution in [0.25, 0.3) is 0 Å². The second-order valence-electron chi connectivity index (χ2n) is 8.13. The number of aromatic nitrogens is 1. The topological polar surface area (TPSA) is 87.0 Å². The van der Waals surface area contributed by atoms with Crippen molar-refractivity contribution in [3.05, 3.63) is 29.3 Å². The predicted molar refractivity (Wildman–Crippen MR) is 119 cm³/mol. The van der Waals surface area contributed by atoms with Crippen LogP contribution in [0.15, 0.2) is 33.9 Å². The summed E-state index contributed by atoms with van der Waals surface area (Å²) in [5.41, 5.74) is -4.06. The minimum absolute atomic E-state index is 0.0434. The first-order valence-corrected chi connectivity index (χ1v) is 12.8. The summed E-state index contributed by atoms with van der Waals surface area (Å²) in [6, 6.07) is 3.32. The van der Waals surface area contributed by atoms with E-state index in [1.807, 2.05) is 6.92 Å². The predicted octanol–water partition coefficient (Wildman–Crippen LogP) is 6.25. The number of likely N-dealkylation sites (N-methyl/N-ethyl adjacent to an activating group) is 1. The molecule has 4 rings (SSSR count). The molecular formula is C20H24F3N5O2S2. The Morgan fingerprint density at radius 2 is 1.97 bits per heavy atom. The van der Waals surface area contributed by atoms with Gasteiger partial charge in [-0.15, -0.1) is 21.6 Å². The van der Waals surface area contributed by atoms with Crippen LogP contribution < -0.4 is 9.62 Å². The van der Waals surface area contributed by atoms with Gasteiger partial charge in [-0.2, -0.15) is 21.6 Å². The Kier molecular flexibility index (Phi) is 5.95. The summed E-state index contributed by atoms with van der Waals surface area (Å²) in [5, 5.41) is 10.1. The molecule has 0 radical (unpaired) electrons. The van der Waals surface area contributed by atoms with Gasteiger partial charge in [0.2, 0.25) is 5.13 Å². The summed E-state index contributed by atoms with van der Waals surface area (Å²) < 4.78 is 64.8. The number of rotatable bonds is 5. The van der Waals surface area contributed by atoms with Gasteiger partial charge < -0.3 is 4.90 Å². The molecule has 12 heteroatoms. The van der Waals surface area contributed by atoms with E-state index in [9.17, 15) is 21.6 Å². The highest BCUT2D eigenvalue weighted by Crippen LogP contribution is 2.55. The van der Waals surface area contributed by atoms with Crippen LogP contribution >= 0.6 is 11.3 Å². The van der Waals surface area contributed by atoms with Crippen molar-refractivity contribution < 1.29 is 21.6 Å². The summed E-state index contributed by atoms with van der Waals surface area (Å²) in [7, 11) is -5.62. The Labute approximate surface area is 188 Å². The van der Waals surface area contributed by atoms with E-state index in [2.05, 4.69) is 27.0 Å². The van der Waals surface area contributed by atoms with Gasteiger partial charge in [-0.1, -0.05) is 19.3 Å². The lowest BCUT2D eigenvalue weighted by Crippen LogP contribution is -2.43. The van der Waals surface area contributed by atoms with Crippen molar-refractivity contribution in [2.75, 3.05) is 16.2 Å². The third-order valence-corrected chi connectivity index (χ3v) is 8.28. The average Bonchev–Trinajstić information content (AvgIpc) is 3.32. The van der Waals surface area contributed by atoms with Crippen molar-refractivity contribution in [2.24, 2.45) is 10.2 Å². The van der Waals surface area contributed by atoms with E-state index in [1.54, 1.807) is 16.2 Å². The first kappa shape index (κ1) is 23.0. The molecule has 1 aromatic carbocycles. The van der Waals surface area contributed by atoms with Gasteiger partial charge >= 0.3 is 15.5 Å². The van der Waals surface area contributed by atoms with Crippen molar-refractivity contribution in [1.82, 2.24) is 4.98 Å². The molecule has 1 saturated carbocycles. The summed E-state index contributed by atoms with van der Waals surface area (Å²) in [5.74, 6) is 0. The summed E-state index contributed by atoms with van der Waals surface area (Å²) in [4.78, 5) is 6.13. The van der Waals surface area contributed by atoms with Crippen LogP contribution in [0.1, 0.15) is 51.5 Å². The second kappa shape index (κ2) is 8.29. The van der Waals surface area contributed by atoms with Crippen LogP contribution in [0.5, 0.6) is 0 Å². The summed E-state index contributed by atoms with van der Waals surface area (Å²) in [6.07, 6.45) is 6.76. The molecule has 1 unspecified atom stereocenters. The number of nitrogens with one attached hydrogen (secondary N) is 1. The Hall–Kier alpha value is -2.21. The third-order valence-electron chi connectivity index (χ3n) is 6.53. The number of fused-ring (bicyclic) bond motifs is 2. The van der Waals surface area contributed by atoms with Crippen molar-refractivity contribution in [2.45, 2.75) is 62.9 Å². The zero-order valence-electron chi connectivity index (χ0n) is 17.7. The van der Waals surface area contributed by atoms with E-state index in [4.69, 9.17) is 0 Å². The Balaban J connectivity index is 1.87. The monoisotopic (exact) mass is 487 g/mol. The highest BCUT2D eigenvalue weighted by atomic mass is 32.2. The van der Waals surface area contributed by atoms with Crippen LogP contribution in [0, 0.1) is 0 Å². The van der Waals surface area contributed by atoms with Gasteiger partial charge in [-0.3, -0.25) is 4.72 Å². The summed E-state index contributed by atoms with van der Waals surface area (Å²) in [6.45, 7) is 4.77. The van der Waals surface area contributed by atoms with Gasteiger partial charge in [0.05, 0.1) is 5.69 Å². The second-order valence-corrected chi connectivity index (χ2v) is 10.7. The molecular weight excluding hydrogens is 463 g/mol. The van der Waals surface area contributed by atoms with Crippen LogP contribution in [0.4, 0.5) is 35.4 Å². The van der Waals surface area contributed by atoms with Crippen molar-refractivity contribution in [3.63, 3.8) is 0 Å². The fourth-order valence-electron chi connectivity index (χ4n) is 4.99. The van der Waals surface area contributed by atoms with Crippen molar-refractivity contribution >= 4 is 43.6 Å². The molecule has 2 aliphatic rings. The van der Waals surface area contributed by atoms with E-state index >= 15 is 0 Å². The minimum Gasteiger partial charge on any atom is -0.368 e. The normalized spacial score (nSPS) is 20.8. The lowest BCUT2D eigenvalue weighted by atomic mass is 9.67. The highest BCUT2D eigenvalue weighted by Gasteiger charge is 2.50. The number of thiazole rings is 1. The van der Waals surface area contributed by atoms with Crippen LogP contribution in [0.3, 0.4) is 0 Å². The van der Waals surface area contributed by atoms with E-state index in [0.717, 1.165) is 43.4 Å². The molecule has 1 fully saturated rings. The molecule has 2 heterocycles. The molecule has 0 amide bonds. The number of benzene rings is 1. The zero-order chi connectivity index (χ0) is 23.1. The lowest BCUT2D eigenvalue weighted by molar-refractivity contribution is -0.0429. The molecule has 1 N–H and O–H groups in total. The molecule has 1 aliphatic heterocycles. The van der Waals surface area contributed by atoms with Gasteiger partial charge in [0.1, 0.15) is 5.69 Å². The lowest BCUT2D eigenvalue weighted by Gasteiger charge is -2.40. The van der Waals surface area contributed by atoms with E-state index in [-0.39, 0.29) is 22.8 Å². The largest absolute Gasteiger partial charge is 0.516 e. The van der Waals surface area contributed by atoms with Crippen LogP contribution in [-0.2, 0) is 15.4 Å². The maximum atomic E-state index is 13.1. The SMILES string of the molecule is CCN1c2cc(NS(=O)(=O)C(F)(F)F)c(N=Nc3nccs3)cc2C2(CCCCC2)C1C. The minimum atomic E-state index is -5.62. The van der Waals surface area contributed by atoms with Crippen molar-refractivity contribution in [3.8, 4) is 0 Å². The number of nitrogens with zero attached hydrogens (tertiary/aromatic N) is 4. The Bertz CT molecular complexity index is 1110. The van der Waals surface area contributed by atoms with Crippen LogP contribution in [0.2, 0.25) is 0 Å². The number of anilines is 2. The van der Waals surface area contributed by atoms with Gasteiger partial charge in [0, 0.05) is 35.3 Å². The number of sulfonamides is 1. The van der Waals surface area contributed by atoms with Gasteiger partial charge in [-0.25, -0.2) is 4.98 Å². The first-order valence-electron chi connectivity index (χ1n) is 10.4. The first-order chi connectivity index (χ1) is 15.1. The van der Waals surface area contributed by atoms with E-state index in [1.165, 1.54) is 23.6 Å². The maximum Gasteiger partial charge on any atom is 0.516 e. The quantitative estimate of drug-likeness (QED) is 0.505. The number of alkyl halides is 3. The molecule has 1 atom stereocenters. The third kappa shape index (κ3) is 3.87. The molecule has 174 valence electrons. The molecule has 0 bridgehead atoms. The molecule has 0 saturated heterocycles. The Morgan fingerprint density at radius 1 is 1.25 bits per heavy atom. The number of hydrogen-bond acceptors (Lipinski definition) is 7. The number of azo groups is 1. The average molecular weight is 488 g/mol. The molecule has 1 aliphatic carbocycles. The standard InChI is InChI=1S/C20H24F3N5O2S2/c1-3-28-13(2)19(7-5-4-6-8-19)14-11-15(25-26-18-24-9-10-31-18)16(12-17(14)28)27-32(29,30)20(21,22)23/h9-13,27H,3-8H2,1-2H3. The van der Waals surface area contributed by atoms with Gasteiger partial charge in [0.25, 0.3) is 0 Å². The van der Waals surface area contributed by atoms with Gasteiger partial charge in [0.15, 0.2) is 0 Å². The molecule has 2 aromatic rings. The molecule has 32 heavy (non-hydrogen) atoms. The molecule has 1 spiro atoms. The van der Waals surface area contributed by atoms with Crippen molar-refractivity contribution in [1.29, 1.82) is 0 Å². The van der Waals surface area contributed by atoms with Crippen LogP contribution in [-0.4, -0.2) is 31.5 Å². The molecule has 1 aromatic heterocycles. The number of halogens is 3. The Morgan fingerprint density at radius 3 is 2.56 bits per heavy atom. The van der Waals surface area contributed by atoms with Gasteiger partial charge in [-0.05, 0) is 44.4 Å². The van der Waals surface area contributed by atoms with E-state index in [0.29, 0.717) is 11.7 Å². The highest BCUT2D eigenvalue weighted by molar-refractivity contribution is 7.93. The smallest absolute Gasteiger partial charge is 0.368 e. The fraction of sp³-hybridized carbons (Fsp3) is 0.550. The fourth-order valence-corrected chi connectivity index (χ4v) is 6.01.